The van der Waals surface area contributed by atoms with Gasteiger partial charge in [-0.1, -0.05) is 29.8 Å². The van der Waals surface area contributed by atoms with Gasteiger partial charge >= 0.3 is 0 Å². The highest BCUT2D eigenvalue weighted by molar-refractivity contribution is 7.26. The second-order valence-corrected chi connectivity index (χ2v) is 6.94. The highest BCUT2D eigenvalue weighted by atomic mass is 35.5. The van der Waals surface area contributed by atoms with E-state index < -0.39 is 0 Å². The van der Waals surface area contributed by atoms with Crippen molar-refractivity contribution >= 4 is 54.9 Å². The Kier molecular flexibility index (Phi) is 3.28. The number of aryl methyl sites for hydroxylation is 3. The molecule has 3 aromatic heterocycles. The molecule has 0 saturated heterocycles. The van der Waals surface area contributed by atoms with Crippen molar-refractivity contribution < 1.29 is 0 Å². The van der Waals surface area contributed by atoms with Crippen LogP contribution in [0.2, 0.25) is 5.02 Å². The first-order valence-corrected chi connectivity index (χ1v) is 8.49. The number of thiophene rings is 1. The summed E-state index contributed by atoms with van der Waals surface area (Å²) in [6, 6.07) is 10.1. The molecule has 0 aliphatic heterocycles. The summed E-state index contributed by atoms with van der Waals surface area (Å²) >= 11 is 8.05. The van der Waals surface area contributed by atoms with Crippen molar-refractivity contribution in [3.05, 3.63) is 46.6 Å². The number of hydrogen-bond acceptors (Lipinski definition) is 4. The molecule has 4 aromatic rings. The van der Waals surface area contributed by atoms with Gasteiger partial charge < -0.3 is 5.32 Å². The van der Waals surface area contributed by atoms with Gasteiger partial charge in [0.1, 0.15) is 4.83 Å². The molecule has 0 bridgehead atoms. The summed E-state index contributed by atoms with van der Waals surface area (Å²) in [6.45, 7) is 3.99. The Morgan fingerprint density at radius 3 is 2.65 bits per heavy atom. The van der Waals surface area contributed by atoms with Crippen molar-refractivity contribution in [1.82, 2.24) is 14.8 Å². The lowest BCUT2D eigenvalue weighted by atomic mass is 10.1. The fraction of sp³-hybridized carbons (Fsp3) is 0.176. The van der Waals surface area contributed by atoms with Gasteiger partial charge in [-0.15, -0.1) is 11.3 Å². The molecular formula is C17H15ClN4S. The summed E-state index contributed by atoms with van der Waals surface area (Å²) < 4.78 is 3.00. The zero-order valence-electron chi connectivity index (χ0n) is 13.0. The largest absolute Gasteiger partial charge is 0.338 e. The van der Waals surface area contributed by atoms with Crippen LogP contribution in [-0.2, 0) is 7.05 Å². The van der Waals surface area contributed by atoms with Crippen molar-refractivity contribution in [2.24, 2.45) is 7.05 Å². The summed E-state index contributed by atoms with van der Waals surface area (Å²) in [6.07, 6.45) is 0. The number of fused-ring (bicyclic) bond motifs is 3. The van der Waals surface area contributed by atoms with Gasteiger partial charge in [0.05, 0.1) is 20.9 Å². The van der Waals surface area contributed by atoms with Crippen LogP contribution in [-0.4, -0.2) is 14.8 Å². The average Bonchev–Trinajstić information content (AvgIpc) is 3.05. The van der Waals surface area contributed by atoms with Gasteiger partial charge in [0.15, 0.2) is 5.82 Å². The lowest BCUT2D eigenvalue weighted by Crippen LogP contribution is -1.95. The minimum absolute atomic E-state index is 0.732. The van der Waals surface area contributed by atoms with Crippen molar-refractivity contribution in [3.8, 4) is 0 Å². The molecule has 23 heavy (non-hydrogen) atoms. The molecule has 4 nitrogen and oxygen atoms in total. The van der Waals surface area contributed by atoms with Crippen LogP contribution in [0.5, 0.6) is 0 Å². The fourth-order valence-electron chi connectivity index (χ4n) is 2.86. The van der Waals surface area contributed by atoms with Crippen molar-refractivity contribution in [3.63, 3.8) is 0 Å². The molecule has 0 unspecified atom stereocenters. The van der Waals surface area contributed by atoms with Crippen LogP contribution in [0.25, 0.3) is 20.4 Å². The number of nitrogens with zero attached hydrogens (tertiary/aromatic N) is 3. The van der Waals surface area contributed by atoms with Crippen molar-refractivity contribution in [2.75, 3.05) is 5.32 Å². The van der Waals surface area contributed by atoms with Crippen LogP contribution in [0, 0.1) is 13.8 Å². The Labute approximate surface area is 142 Å². The Bertz CT molecular complexity index is 1030. The molecule has 3 heterocycles. The van der Waals surface area contributed by atoms with E-state index in [4.69, 9.17) is 11.6 Å². The van der Waals surface area contributed by atoms with Gasteiger partial charge in [0.2, 0.25) is 0 Å². The van der Waals surface area contributed by atoms with Crippen LogP contribution >= 0.6 is 22.9 Å². The van der Waals surface area contributed by atoms with E-state index in [1.165, 1.54) is 0 Å². The van der Waals surface area contributed by atoms with Gasteiger partial charge in [-0.2, -0.15) is 5.10 Å². The Hall–Kier alpha value is -2.11. The first-order chi connectivity index (χ1) is 11.1. The third-order valence-electron chi connectivity index (χ3n) is 3.98. The number of anilines is 2. The Morgan fingerprint density at radius 2 is 1.91 bits per heavy atom. The summed E-state index contributed by atoms with van der Waals surface area (Å²) in [5, 5.41) is 9.86. The van der Waals surface area contributed by atoms with Crippen LogP contribution < -0.4 is 5.32 Å². The predicted molar refractivity (Wildman–Crippen MR) is 98.1 cm³/mol. The first kappa shape index (κ1) is 14.5. The maximum absolute atomic E-state index is 6.40. The van der Waals surface area contributed by atoms with Crippen molar-refractivity contribution in [1.29, 1.82) is 0 Å². The minimum atomic E-state index is 0.732. The SMILES string of the molecule is Cc1nc2sc3c(Nc4ccccc4)nn(C)c3c2c(C)c1Cl. The number of hydrogen-bond donors (Lipinski definition) is 1. The normalized spacial score (nSPS) is 11.5. The van der Waals surface area contributed by atoms with Gasteiger partial charge in [0.25, 0.3) is 0 Å². The van der Waals surface area contributed by atoms with E-state index in [1.54, 1.807) is 11.3 Å². The molecule has 1 N–H and O–H groups in total. The zero-order valence-corrected chi connectivity index (χ0v) is 14.6. The molecule has 0 spiro atoms. The molecule has 0 aliphatic carbocycles. The minimum Gasteiger partial charge on any atom is -0.338 e. The third kappa shape index (κ3) is 2.19. The van der Waals surface area contributed by atoms with Crippen LogP contribution in [0.15, 0.2) is 30.3 Å². The van der Waals surface area contributed by atoms with Gasteiger partial charge in [-0.3, -0.25) is 4.68 Å². The van der Waals surface area contributed by atoms with E-state index in [2.05, 4.69) is 15.4 Å². The van der Waals surface area contributed by atoms with E-state index in [0.717, 1.165) is 48.2 Å². The first-order valence-electron chi connectivity index (χ1n) is 7.30. The molecule has 1 aromatic carbocycles. The summed E-state index contributed by atoms with van der Waals surface area (Å²) in [4.78, 5) is 5.66. The van der Waals surface area contributed by atoms with E-state index in [-0.39, 0.29) is 0 Å². The second-order valence-electron chi connectivity index (χ2n) is 5.56. The number of halogens is 1. The molecule has 0 saturated carbocycles. The quantitative estimate of drug-likeness (QED) is 0.544. The Balaban J connectivity index is 1.98. The Morgan fingerprint density at radius 1 is 1.17 bits per heavy atom. The molecule has 0 fully saturated rings. The molecule has 0 atom stereocenters. The third-order valence-corrected chi connectivity index (χ3v) is 5.62. The van der Waals surface area contributed by atoms with Crippen LogP contribution in [0.1, 0.15) is 11.3 Å². The number of benzene rings is 1. The lowest BCUT2D eigenvalue weighted by molar-refractivity contribution is 0.803. The van der Waals surface area contributed by atoms with Crippen LogP contribution in [0.4, 0.5) is 11.5 Å². The van der Waals surface area contributed by atoms with Gasteiger partial charge in [-0.25, -0.2) is 4.98 Å². The maximum Gasteiger partial charge on any atom is 0.170 e. The average molecular weight is 343 g/mol. The lowest BCUT2D eigenvalue weighted by Gasteiger charge is -2.04. The molecule has 0 radical (unpaired) electrons. The summed E-state index contributed by atoms with van der Waals surface area (Å²) in [5.41, 5.74) is 4.03. The highest BCUT2D eigenvalue weighted by Crippen LogP contribution is 2.41. The number of aromatic nitrogens is 3. The van der Waals surface area contributed by atoms with E-state index in [1.807, 2.05) is 55.9 Å². The molecule has 6 heteroatoms. The molecule has 116 valence electrons. The van der Waals surface area contributed by atoms with Gasteiger partial charge in [-0.05, 0) is 31.5 Å². The molecular weight excluding hydrogens is 328 g/mol. The fourth-order valence-corrected chi connectivity index (χ4v) is 4.25. The topological polar surface area (TPSA) is 42.7 Å². The van der Waals surface area contributed by atoms with Crippen LogP contribution in [0.3, 0.4) is 0 Å². The summed E-state index contributed by atoms with van der Waals surface area (Å²) in [7, 11) is 1.96. The van der Waals surface area contributed by atoms with E-state index in [0.29, 0.717) is 0 Å². The number of rotatable bonds is 2. The smallest absolute Gasteiger partial charge is 0.170 e. The molecule has 0 aliphatic rings. The number of para-hydroxylation sites is 1. The standard InChI is InChI=1S/C17H15ClN4S/c1-9-12-14-15(23-17(12)19-10(2)13(9)18)16(21-22(14)3)20-11-7-5-4-6-8-11/h4-8H,1-3H3,(H,20,21). The summed E-state index contributed by atoms with van der Waals surface area (Å²) in [5.74, 6) is 0.852. The maximum atomic E-state index is 6.40. The van der Waals surface area contributed by atoms with E-state index in [9.17, 15) is 0 Å². The highest BCUT2D eigenvalue weighted by Gasteiger charge is 2.20. The number of pyridine rings is 1. The van der Waals surface area contributed by atoms with Crippen molar-refractivity contribution in [2.45, 2.75) is 13.8 Å². The van der Waals surface area contributed by atoms with E-state index >= 15 is 0 Å². The predicted octanol–water partition coefficient (Wildman–Crippen LogP) is 5.20. The zero-order chi connectivity index (χ0) is 16.1. The van der Waals surface area contributed by atoms with Gasteiger partial charge in [0, 0.05) is 18.1 Å². The number of nitrogens with one attached hydrogen (secondary N) is 1. The monoisotopic (exact) mass is 342 g/mol. The molecule has 0 amide bonds. The second kappa shape index (κ2) is 5.22. The molecule has 4 rings (SSSR count).